The van der Waals surface area contributed by atoms with Crippen LogP contribution in [0.25, 0.3) is 0 Å². The molecule has 6 N–H and O–H groups in total. The SMILES string of the molecule is CC/C=C/CC/C=C/CC/C=C/C(O)C(COC1OC(CO)C(O)C(O)C1O)NC(=O)CCCCCCCCCCC/C=C\C/C=C\CCCCCCCCCCCOC(=O)CCCCCCC/C=C\CCCCCCC. The summed E-state index contributed by atoms with van der Waals surface area (Å²) in [5.41, 5.74) is 0. The number of carbonyl (C=O) groups is 2. The second-order valence-corrected chi connectivity index (χ2v) is 21.7. The van der Waals surface area contributed by atoms with E-state index in [0.29, 0.717) is 19.4 Å². The van der Waals surface area contributed by atoms with Gasteiger partial charge in [0.05, 0.1) is 32.0 Å². The van der Waals surface area contributed by atoms with Crippen LogP contribution in [0.15, 0.2) is 72.9 Å². The molecule has 77 heavy (non-hydrogen) atoms. The van der Waals surface area contributed by atoms with Crippen LogP contribution >= 0.6 is 0 Å². The Bertz CT molecular complexity index is 1510. The van der Waals surface area contributed by atoms with Crippen molar-refractivity contribution < 1.29 is 49.3 Å². The number of esters is 1. The van der Waals surface area contributed by atoms with Gasteiger partial charge in [0, 0.05) is 12.8 Å². The van der Waals surface area contributed by atoms with E-state index in [9.17, 15) is 35.1 Å². The Morgan fingerprint density at radius 2 is 0.922 bits per heavy atom. The zero-order chi connectivity index (χ0) is 55.9. The van der Waals surface area contributed by atoms with Crippen molar-refractivity contribution in [2.24, 2.45) is 0 Å². The largest absolute Gasteiger partial charge is 0.466 e. The number of rotatable bonds is 54. The third kappa shape index (κ3) is 44.5. The standard InChI is InChI=1S/C66H117NO10/c1-3-5-7-9-11-13-15-16-31-34-38-42-46-50-54-62(71)75-55-51-47-43-39-35-32-29-27-25-23-21-19-17-18-20-22-24-26-28-30-33-37-41-45-49-53-61(70)67-58(57-76-66-65(74)64(73)63(72)60(56-68)77-66)59(69)52-48-44-40-36-14-12-10-8-6-4-2/h6,8,14-16,18-21,36,48,52,58-60,63-66,68-69,72-74H,3-5,7,9-13,17,22-35,37-47,49-51,53-57H2,1-2H3,(H,67,70)/b8-6+,16-15-,20-18-,21-19-,36-14+,52-48+. The lowest BCUT2D eigenvalue weighted by Crippen LogP contribution is -2.60. The lowest BCUT2D eigenvalue weighted by atomic mass is 9.99. The molecule has 1 fully saturated rings. The fourth-order valence-electron chi connectivity index (χ4n) is 9.50. The number of hydrogen-bond acceptors (Lipinski definition) is 10. The summed E-state index contributed by atoms with van der Waals surface area (Å²) in [5, 5.41) is 54.2. The van der Waals surface area contributed by atoms with Crippen LogP contribution in [0.3, 0.4) is 0 Å². The normalized spacial score (nSPS) is 19.1. The topological polar surface area (TPSA) is 175 Å². The van der Waals surface area contributed by atoms with Gasteiger partial charge in [-0.05, 0) is 109 Å². The second kappa shape index (κ2) is 55.0. The first-order chi connectivity index (χ1) is 37.7. The smallest absolute Gasteiger partial charge is 0.305 e. The summed E-state index contributed by atoms with van der Waals surface area (Å²) < 4.78 is 16.7. The van der Waals surface area contributed by atoms with Crippen LogP contribution < -0.4 is 5.32 Å². The van der Waals surface area contributed by atoms with Crippen molar-refractivity contribution >= 4 is 11.9 Å². The van der Waals surface area contributed by atoms with Crippen molar-refractivity contribution in [3.63, 3.8) is 0 Å². The first-order valence-corrected chi connectivity index (χ1v) is 31.7. The number of aliphatic hydroxyl groups is 5. The molecule has 1 saturated heterocycles. The predicted molar refractivity (Wildman–Crippen MR) is 319 cm³/mol. The van der Waals surface area contributed by atoms with E-state index in [0.717, 1.165) is 96.3 Å². The van der Waals surface area contributed by atoms with Crippen molar-refractivity contribution in [1.29, 1.82) is 0 Å². The maximum Gasteiger partial charge on any atom is 0.305 e. The Hall–Kier alpha value is -2.90. The molecule has 0 bridgehead atoms. The Balaban J connectivity index is 2.02. The van der Waals surface area contributed by atoms with Gasteiger partial charge >= 0.3 is 5.97 Å². The summed E-state index contributed by atoms with van der Waals surface area (Å²) in [6.45, 7) is 4.17. The van der Waals surface area contributed by atoms with Gasteiger partial charge in [-0.15, -0.1) is 0 Å². The minimum Gasteiger partial charge on any atom is -0.466 e. The molecule has 0 aliphatic carbocycles. The molecule has 0 aromatic rings. The Labute approximate surface area is 471 Å². The number of ether oxygens (including phenoxy) is 3. The number of amides is 1. The number of allylic oxidation sites excluding steroid dienone is 11. The van der Waals surface area contributed by atoms with Gasteiger partial charge in [-0.3, -0.25) is 9.59 Å². The predicted octanol–water partition coefficient (Wildman–Crippen LogP) is 15.2. The zero-order valence-corrected chi connectivity index (χ0v) is 49.2. The minimum absolute atomic E-state index is 0.0117. The van der Waals surface area contributed by atoms with Crippen molar-refractivity contribution in [3.8, 4) is 0 Å². The average molecular weight is 1080 g/mol. The van der Waals surface area contributed by atoms with E-state index in [1.54, 1.807) is 6.08 Å². The molecule has 1 heterocycles. The molecule has 0 spiro atoms. The highest BCUT2D eigenvalue weighted by molar-refractivity contribution is 5.76. The van der Waals surface area contributed by atoms with E-state index in [2.05, 4.69) is 79.9 Å². The molecule has 446 valence electrons. The van der Waals surface area contributed by atoms with Gasteiger partial charge in [-0.1, -0.05) is 222 Å². The van der Waals surface area contributed by atoms with Crippen LogP contribution in [-0.4, -0.2) is 100 Å². The van der Waals surface area contributed by atoms with Gasteiger partial charge in [0.1, 0.15) is 24.4 Å². The van der Waals surface area contributed by atoms with Crippen LogP contribution in [0.5, 0.6) is 0 Å². The molecule has 1 amide bonds. The fourth-order valence-corrected chi connectivity index (χ4v) is 9.50. The van der Waals surface area contributed by atoms with Crippen molar-refractivity contribution in [1.82, 2.24) is 5.32 Å². The molecule has 7 unspecified atom stereocenters. The van der Waals surface area contributed by atoms with E-state index in [1.807, 2.05) is 6.08 Å². The summed E-state index contributed by atoms with van der Waals surface area (Å²) >= 11 is 0. The highest BCUT2D eigenvalue weighted by Crippen LogP contribution is 2.23. The highest BCUT2D eigenvalue weighted by atomic mass is 16.7. The summed E-state index contributed by atoms with van der Waals surface area (Å²) in [5.74, 6) is -0.218. The fraction of sp³-hybridized carbons (Fsp3) is 0.788. The zero-order valence-electron chi connectivity index (χ0n) is 49.2. The molecule has 0 aromatic carbocycles. The molecule has 1 aliphatic rings. The van der Waals surface area contributed by atoms with Crippen LogP contribution in [-0.2, 0) is 23.8 Å². The van der Waals surface area contributed by atoms with Crippen LogP contribution in [0.2, 0.25) is 0 Å². The number of nitrogens with one attached hydrogen (secondary N) is 1. The second-order valence-electron chi connectivity index (χ2n) is 21.7. The molecule has 11 heteroatoms. The van der Waals surface area contributed by atoms with Gasteiger partial charge in [-0.2, -0.15) is 0 Å². The quantitative estimate of drug-likeness (QED) is 0.0195. The molecular formula is C66H117NO10. The molecule has 7 atom stereocenters. The van der Waals surface area contributed by atoms with E-state index < -0.39 is 49.5 Å². The lowest BCUT2D eigenvalue weighted by molar-refractivity contribution is -0.302. The summed E-state index contributed by atoms with van der Waals surface area (Å²) in [4.78, 5) is 25.1. The van der Waals surface area contributed by atoms with Crippen molar-refractivity contribution in [3.05, 3.63) is 72.9 Å². The number of hydrogen-bond donors (Lipinski definition) is 6. The number of unbranched alkanes of at least 4 members (excludes halogenated alkanes) is 30. The maximum absolute atomic E-state index is 13.0. The van der Waals surface area contributed by atoms with Gasteiger partial charge in [0.15, 0.2) is 6.29 Å². The van der Waals surface area contributed by atoms with Crippen molar-refractivity contribution in [2.45, 2.75) is 314 Å². The minimum atomic E-state index is -1.58. The molecule has 0 saturated carbocycles. The van der Waals surface area contributed by atoms with Crippen LogP contribution in [0.1, 0.15) is 271 Å². The van der Waals surface area contributed by atoms with E-state index in [-0.39, 0.29) is 18.5 Å². The number of carbonyl (C=O) groups excluding carboxylic acids is 2. The van der Waals surface area contributed by atoms with E-state index in [4.69, 9.17) is 14.2 Å². The third-order valence-electron chi connectivity index (χ3n) is 14.5. The van der Waals surface area contributed by atoms with Crippen LogP contribution in [0.4, 0.5) is 0 Å². The molecule has 0 aromatic heterocycles. The number of aliphatic hydroxyl groups excluding tert-OH is 5. The van der Waals surface area contributed by atoms with Gasteiger partial charge in [0.25, 0.3) is 0 Å². The molecule has 1 aliphatic heterocycles. The van der Waals surface area contributed by atoms with Gasteiger partial charge < -0.3 is 45.1 Å². The third-order valence-corrected chi connectivity index (χ3v) is 14.5. The van der Waals surface area contributed by atoms with E-state index >= 15 is 0 Å². The van der Waals surface area contributed by atoms with Gasteiger partial charge in [0.2, 0.25) is 5.91 Å². The average Bonchev–Trinajstić information content (AvgIpc) is 3.43. The Morgan fingerprint density at radius 3 is 1.43 bits per heavy atom. The molecule has 1 rings (SSSR count). The molecular weight excluding hydrogens is 967 g/mol. The summed E-state index contributed by atoms with van der Waals surface area (Å²) in [6.07, 6.45) is 63.1. The van der Waals surface area contributed by atoms with Gasteiger partial charge in [-0.25, -0.2) is 0 Å². The molecule has 0 radical (unpaired) electrons. The summed E-state index contributed by atoms with van der Waals surface area (Å²) in [7, 11) is 0. The highest BCUT2D eigenvalue weighted by Gasteiger charge is 2.44. The Kier molecular flexibility index (Phi) is 51.5. The monoisotopic (exact) mass is 1080 g/mol. The first kappa shape index (κ1) is 72.1. The van der Waals surface area contributed by atoms with Crippen LogP contribution in [0, 0.1) is 0 Å². The maximum atomic E-state index is 13.0. The molecule has 11 nitrogen and oxygen atoms in total. The summed E-state index contributed by atoms with van der Waals surface area (Å²) in [6, 6.07) is -0.840. The van der Waals surface area contributed by atoms with E-state index in [1.165, 1.54) is 148 Å². The first-order valence-electron chi connectivity index (χ1n) is 31.7. The lowest BCUT2D eigenvalue weighted by Gasteiger charge is -2.40. The van der Waals surface area contributed by atoms with Crippen molar-refractivity contribution in [2.75, 3.05) is 19.8 Å². The Morgan fingerprint density at radius 1 is 0.494 bits per heavy atom.